The van der Waals surface area contributed by atoms with E-state index in [4.69, 9.17) is 9.15 Å². The molecule has 1 aliphatic rings. The summed E-state index contributed by atoms with van der Waals surface area (Å²) in [5, 5.41) is 12.4. The molecule has 7 nitrogen and oxygen atoms in total. The molecule has 1 amide bonds. The van der Waals surface area contributed by atoms with Gasteiger partial charge in [0.15, 0.2) is 16.3 Å². The molecule has 0 radical (unpaired) electrons. The summed E-state index contributed by atoms with van der Waals surface area (Å²) in [4.78, 5) is 28.0. The lowest BCUT2D eigenvalue weighted by Crippen LogP contribution is -2.55. The molecule has 2 aromatic rings. The molecule has 0 saturated carbocycles. The van der Waals surface area contributed by atoms with E-state index in [0.29, 0.717) is 22.3 Å². The fourth-order valence-electron chi connectivity index (χ4n) is 2.06. The fourth-order valence-corrected chi connectivity index (χ4v) is 2.84. The molecule has 3 rings (SSSR count). The van der Waals surface area contributed by atoms with Crippen molar-refractivity contribution in [2.75, 3.05) is 13.2 Å². The van der Waals surface area contributed by atoms with Crippen LogP contribution in [-0.2, 0) is 9.53 Å². The summed E-state index contributed by atoms with van der Waals surface area (Å²) in [6.07, 6.45) is 3.17. The molecule has 2 N–H and O–H groups in total. The van der Waals surface area contributed by atoms with Crippen LogP contribution in [0.1, 0.15) is 16.1 Å². The fraction of sp³-hybridized carbons (Fsp3) is 0.308. The first-order valence-corrected chi connectivity index (χ1v) is 7.06. The molecule has 21 heavy (non-hydrogen) atoms. The van der Waals surface area contributed by atoms with E-state index in [1.165, 1.54) is 12.5 Å². The number of furan rings is 1. The van der Waals surface area contributed by atoms with Crippen molar-refractivity contribution in [1.82, 2.24) is 10.3 Å². The third-order valence-electron chi connectivity index (χ3n) is 3.25. The smallest absolute Gasteiger partial charge is 0.331 e. The molecule has 0 bridgehead atoms. The van der Waals surface area contributed by atoms with Crippen LogP contribution >= 0.6 is 11.3 Å². The Morgan fingerprint density at radius 3 is 2.95 bits per heavy atom. The SMILES string of the molecule is O=C(NC1(C(=O)O)CCOC1)c1cnc(-c2ccco2)s1. The number of nitrogens with one attached hydrogen (secondary N) is 1. The summed E-state index contributed by atoms with van der Waals surface area (Å²) in [7, 11) is 0. The third-order valence-corrected chi connectivity index (χ3v) is 4.26. The molecule has 110 valence electrons. The van der Waals surface area contributed by atoms with Gasteiger partial charge in [-0.25, -0.2) is 9.78 Å². The van der Waals surface area contributed by atoms with Gasteiger partial charge in [0.25, 0.3) is 5.91 Å². The van der Waals surface area contributed by atoms with Gasteiger partial charge in [-0.05, 0) is 12.1 Å². The Bertz CT molecular complexity index is 658. The zero-order valence-corrected chi connectivity index (χ0v) is 11.7. The average molecular weight is 308 g/mol. The molecule has 1 atom stereocenters. The van der Waals surface area contributed by atoms with Gasteiger partial charge in [-0.3, -0.25) is 4.79 Å². The van der Waals surface area contributed by atoms with Crippen LogP contribution in [0, 0.1) is 0 Å². The van der Waals surface area contributed by atoms with Crippen LogP contribution < -0.4 is 5.32 Å². The Morgan fingerprint density at radius 1 is 1.48 bits per heavy atom. The van der Waals surface area contributed by atoms with Gasteiger partial charge in [0.2, 0.25) is 0 Å². The number of carbonyl (C=O) groups is 2. The zero-order chi connectivity index (χ0) is 14.9. The van der Waals surface area contributed by atoms with Crippen molar-refractivity contribution in [2.24, 2.45) is 0 Å². The number of carbonyl (C=O) groups excluding carboxylic acids is 1. The van der Waals surface area contributed by atoms with Crippen LogP contribution in [-0.4, -0.2) is 40.7 Å². The number of carboxylic acid groups (broad SMARTS) is 1. The summed E-state index contributed by atoms with van der Waals surface area (Å²) in [6.45, 7) is 0.283. The van der Waals surface area contributed by atoms with E-state index >= 15 is 0 Å². The number of hydrogen-bond acceptors (Lipinski definition) is 6. The van der Waals surface area contributed by atoms with Crippen molar-refractivity contribution < 1.29 is 23.8 Å². The summed E-state index contributed by atoms with van der Waals surface area (Å²) in [5.74, 6) is -1.00. The minimum absolute atomic E-state index is 0.0298. The van der Waals surface area contributed by atoms with Crippen molar-refractivity contribution >= 4 is 23.2 Å². The van der Waals surface area contributed by atoms with Crippen LogP contribution in [0.3, 0.4) is 0 Å². The molecular formula is C13H12N2O5S. The molecule has 0 aromatic carbocycles. The number of nitrogens with zero attached hydrogens (tertiary/aromatic N) is 1. The lowest BCUT2D eigenvalue weighted by atomic mass is 9.99. The van der Waals surface area contributed by atoms with Crippen molar-refractivity contribution in [3.63, 3.8) is 0 Å². The topological polar surface area (TPSA) is 102 Å². The normalized spacial score (nSPS) is 21.3. The highest BCUT2D eigenvalue weighted by atomic mass is 32.1. The van der Waals surface area contributed by atoms with Crippen molar-refractivity contribution in [3.8, 4) is 10.8 Å². The molecule has 8 heteroatoms. The second-order valence-electron chi connectivity index (χ2n) is 4.65. The molecule has 0 spiro atoms. The first kappa shape index (κ1) is 13.8. The number of rotatable bonds is 4. The maximum atomic E-state index is 12.2. The van der Waals surface area contributed by atoms with Gasteiger partial charge in [-0.2, -0.15) is 0 Å². The first-order chi connectivity index (χ1) is 10.1. The summed E-state index contributed by atoms with van der Waals surface area (Å²) >= 11 is 1.14. The van der Waals surface area contributed by atoms with E-state index in [1.807, 2.05) is 0 Å². The standard InChI is InChI=1S/C13H12N2O5S/c16-10(15-13(12(17)18)3-5-19-7-13)9-6-14-11(21-9)8-2-1-4-20-8/h1-2,4,6H,3,5,7H2,(H,15,16)(H,17,18). The Morgan fingerprint density at radius 2 is 2.33 bits per heavy atom. The van der Waals surface area contributed by atoms with Gasteiger partial charge >= 0.3 is 5.97 Å². The highest BCUT2D eigenvalue weighted by molar-refractivity contribution is 7.16. The predicted molar refractivity (Wildman–Crippen MR) is 73.1 cm³/mol. The molecule has 1 unspecified atom stereocenters. The minimum Gasteiger partial charge on any atom is -0.479 e. The van der Waals surface area contributed by atoms with Gasteiger partial charge in [0, 0.05) is 13.0 Å². The molecular weight excluding hydrogens is 296 g/mol. The number of aliphatic carboxylic acids is 1. The number of amides is 1. The second kappa shape index (κ2) is 5.30. The largest absolute Gasteiger partial charge is 0.479 e. The third kappa shape index (κ3) is 2.55. The molecule has 1 saturated heterocycles. The van der Waals surface area contributed by atoms with Gasteiger partial charge < -0.3 is 19.6 Å². The number of hydrogen-bond donors (Lipinski definition) is 2. The monoisotopic (exact) mass is 308 g/mol. The van der Waals surface area contributed by atoms with E-state index in [1.54, 1.807) is 12.1 Å². The van der Waals surface area contributed by atoms with Crippen molar-refractivity contribution in [1.29, 1.82) is 0 Å². The number of ether oxygens (including phenoxy) is 1. The van der Waals surface area contributed by atoms with Crippen LogP contribution in [0.5, 0.6) is 0 Å². The van der Waals surface area contributed by atoms with Crippen LogP contribution in [0.15, 0.2) is 29.0 Å². The van der Waals surface area contributed by atoms with E-state index in [9.17, 15) is 14.7 Å². The number of thiazole rings is 1. The molecule has 3 heterocycles. The second-order valence-corrected chi connectivity index (χ2v) is 5.68. The quantitative estimate of drug-likeness (QED) is 0.884. The molecule has 0 aliphatic carbocycles. The van der Waals surface area contributed by atoms with Gasteiger partial charge in [0.05, 0.1) is 19.1 Å². The highest BCUT2D eigenvalue weighted by Crippen LogP contribution is 2.26. The van der Waals surface area contributed by atoms with Crippen molar-refractivity contribution in [3.05, 3.63) is 29.5 Å². The molecule has 1 aliphatic heterocycles. The summed E-state index contributed by atoms with van der Waals surface area (Å²) < 4.78 is 10.3. The predicted octanol–water partition coefficient (Wildman–Crippen LogP) is 1.38. The number of aromatic nitrogens is 1. The highest BCUT2D eigenvalue weighted by Gasteiger charge is 2.44. The van der Waals surface area contributed by atoms with E-state index in [0.717, 1.165) is 11.3 Å². The maximum absolute atomic E-state index is 12.2. The lowest BCUT2D eigenvalue weighted by Gasteiger charge is -2.23. The van der Waals surface area contributed by atoms with Crippen molar-refractivity contribution in [2.45, 2.75) is 12.0 Å². The van der Waals surface area contributed by atoms with Crippen LogP contribution in [0.4, 0.5) is 0 Å². The Kier molecular flexibility index (Phi) is 3.48. The van der Waals surface area contributed by atoms with Gasteiger partial charge in [-0.1, -0.05) is 0 Å². The van der Waals surface area contributed by atoms with Crippen LogP contribution in [0.25, 0.3) is 10.8 Å². The van der Waals surface area contributed by atoms with E-state index < -0.39 is 17.4 Å². The Hall–Kier alpha value is -2.19. The zero-order valence-electron chi connectivity index (χ0n) is 10.9. The maximum Gasteiger partial charge on any atom is 0.331 e. The summed E-state index contributed by atoms with van der Waals surface area (Å²) in [5.41, 5.74) is -1.36. The summed E-state index contributed by atoms with van der Waals surface area (Å²) in [6, 6.07) is 3.47. The minimum atomic E-state index is -1.36. The van der Waals surface area contributed by atoms with E-state index in [-0.39, 0.29) is 13.0 Å². The Labute approximate surface area is 123 Å². The van der Waals surface area contributed by atoms with Gasteiger partial charge in [0.1, 0.15) is 4.88 Å². The van der Waals surface area contributed by atoms with Crippen LogP contribution in [0.2, 0.25) is 0 Å². The average Bonchev–Trinajstić information content (AvgIpc) is 3.20. The molecule has 1 fully saturated rings. The number of carboxylic acids is 1. The lowest BCUT2D eigenvalue weighted by molar-refractivity contribution is -0.144. The van der Waals surface area contributed by atoms with Gasteiger partial charge in [-0.15, -0.1) is 11.3 Å². The van der Waals surface area contributed by atoms with E-state index in [2.05, 4.69) is 10.3 Å². The first-order valence-electron chi connectivity index (χ1n) is 6.24. The Balaban J connectivity index is 1.78. The molecule has 2 aromatic heterocycles.